The Morgan fingerprint density at radius 1 is 0.975 bits per heavy atom. The third-order valence-corrected chi connectivity index (χ3v) is 7.13. The van der Waals surface area contributed by atoms with E-state index in [0.717, 1.165) is 37.7 Å². The molecule has 5 rings (SSSR count). The van der Waals surface area contributed by atoms with E-state index in [9.17, 15) is 4.79 Å². The van der Waals surface area contributed by atoms with Crippen LogP contribution < -0.4 is 20.2 Å². The van der Waals surface area contributed by atoms with Crippen molar-refractivity contribution in [3.05, 3.63) is 124 Å². The third kappa shape index (κ3) is 7.13. The molecule has 0 aliphatic carbocycles. The zero-order valence-electron chi connectivity index (χ0n) is 21.5. The van der Waals surface area contributed by atoms with E-state index < -0.39 is 0 Å². The zero-order valence-corrected chi connectivity index (χ0v) is 23.9. The van der Waals surface area contributed by atoms with E-state index in [2.05, 4.69) is 36.8 Å². The molecule has 1 aromatic heterocycles. The van der Waals surface area contributed by atoms with Crippen molar-refractivity contribution in [2.45, 2.75) is 6.61 Å². The fraction of sp³-hybridized carbons (Fsp3) is 0.0645. The lowest BCUT2D eigenvalue weighted by molar-refractivity contribution is 0.0955. The van der Waals surface area contributed by atoms with Crippen molar-refractivity contribution in [2.75, 3.05) is 12.4 Å². The SMILES string of the molecule is COc1cc(/C=N\NC(=O)c2ccc(-c3csc(Nc4ccccc4)n3)cc2)ccc1OCc1ccc(Br)cc1. The standard InChI is InChI=1S/C31H25BrN4O3S/c1-38-29-17-22(9-16-28(29)39-19-21-7-14-25(32)15-8-21)18-33-36-30(37)24-12-10-23(11-13-24)27-20-40-31(35-27)34-26-5-3-2-4-6-26/h2-18,20H,19H2,1H3,(H,34,35)(H,36,37)/b33-18-. The molecule has 0 saturated heterocycles. The second-order valence-electron chi connectivity index (χ2n) is 8.63. The Labute approximate surface area is 244 Å². The Morgan fingerprint density at radius 2 is 1.75 bits per heavy atom. The van der Waals surface area contributed by atoms with Crippen LogP contribution >= 0.6 is 27.3 Å². The minimum atomic E-state index is -0.311. The molecule has 40 heavy (non-hydrogen) atoms. The lowest BCUT2D eigenvalue weighted by Crippen LogP contribution is -2.17. The summed E-state index contributed by atoms with van der Waals surface area (Å²) in [5.41, 5.74) is 7.61. The van der Waals surface area contributed by atoms with E-state index >= 15 is 0 Å². The lowest BCUT2D eigenvalue weighted by atomic mass is 10.1. The Balaban J connectivity index is 1.16. The molecule has 0 atom stereocenters. The van der Waals surface area contributed by atoms with Crippen LogP contribution in [0.2, 0.25) is 0 Å². The maximum atomic E-state index is 12.6. The second kappa shape index (κ2) is 13.1. The number of hydrazone groups is 1. The number of nitrogens with zero attached hydrogens (tertiary/aromatic N) is 2. The van der Waals surface area contributed by atoms with Gasteiger partial charge in [-0.15, -0.1) is 11.3 Å². The van der Waals surface area contributed by atoms with Crippen LogP contribution in [0.25, 0.3) is 11.3 Å². The van der Waals surface area contributed by atoms with Crippen molar-refractivity contribution in [3.8, 4) is 22.8 Å². The number of carbonyl (C=O) groups excluding carboxylic acids is 1. The summed E-state index contributed by atoms with van der Waals surface area (Å²) in [6, 6.07) is 30.5. The van der Waals surface area contributed by atoms with E-state index in [0.29, 0.717) is 23.7 Å². The molecule has 5 aromatic rings. The summed E-state index contributed by atoms with van der Waals surface area (Å²) in [5.74, 6) is 0.885. The number of amides is 1. The van der Waals surface area contributed by atoms with E-state index in [1.54, 1.807) is 31.5 Å². The van der Waals surface area contributed by atoms with Gasteiger partial charge in [-0.25, -0.2) is 10.4 Å². The predicted octanol–water partition coefficient (Wildman–Crippen LogP) is 7.67. The highest BCUT2D eigenvalue weighted by Crippen LogP contribution is 2.29. The van der Waals surface area contributed by atoms with Gasteiger partial charge in [0.2, 0.25) is 0 Å². The van der Waals surface area contributed by atoms with Gasteiger partial charge in [-0.1, -0.05) is 58.4 Å². The highest BCUT2D eigenvalue weighted by Gasteiger charge is 2.09. The molecule has 1 amide bonds. The van der Waals surface area contributed by atoms with Gasteiger partial charge in [0.25, 0.3) is 5.91 Å². The lowest BCUT2D eigenvalue weighted by Gasteiger charge is -2.11. The number of anilines is 2. The first-order valence-corrected chi connectivity index (χ1v) is 14.0. The van der Waals surface area contributed by atoms with Gasteiger partial charge in [0, 0.05) is 26.7 Å². The number of para-hydroxylation sites is 1. The maximum absolute atomic E-state index is 12.6. The number of hydrogen-bond acceptors (Lipinski definition) is 7. The smallest absolute Gasteiger partial charge is 0.271 e. The normalized spacial score (nSPS) is 10.8. The molecule has 0 radical (unpaired) electrons. The molecular weight excluding hydrogens is 588 g/mol. The summed E-state index contributed by atoms with van der Waals surface area (Å²) in [6.45, 7) is 0.417. The summed E-state index contributed by atoms with van der Waals surface area (Å²) in [5, 5.41) is 10.2. The first-order chi connectivity index (χ1) is 19.6. The molecular formula is C31H25BrN4O3S. The van der Waals surface area contributed by atoms with Gasteiger partial charge in [-0.2, -0.15) is 5.10 Å². The molecule has 1 heterocycles. The van der Waals surface area contributed by atoms with Gasteiger partial charge in [0.15, 0.2) is 16.6 Å². The molecule has 0 spiro atoms. The molecule has 4 aromatic carbocycles. The van der Waals surface area contributed by atoms with Gasteiger partial charge in [-0.3, -0.25) is 4.79 Å². The van der Waals surface area contributed by atoms with E-state index in [-0.39, 0.29) is 5.91 Å². The minimum Gasteiger partial charge on any atom is -0.493 e. The van der Waals surface area contributed by atoms with Crippen LogP contribution in [0.15, 0.2) is 112 Å². The van der Waals surface area contributed by atoms with Crippen LogP contribution in [0.3, 0.4) is 0 Å². The number of thiazole rings is 1. The fourth-order valence-electron chi connectivity index (χ4n) is 3.76. The Hall–Kier alpha value is -4.47. The highest BCUT2D eigenvalue weighted by molar-refractivity contribution is 9.10. The monoisotopic (exact) mass is 612 g/mol. The fourth-order valence-corrected chi connectivity index (χ4v) is 4.76. The maximum Gasteiger partial charge on any atom is 0.271 e. The summed E-state index contributed by atoms with van der Waals surface area (Å²) in [4.78, 5) is 17.3. The topological polar surface area (TPSA) is 84.8 Å². The Bertz CT molecular complexity index is 1600. The number of aromatic nitrogens is 1. The molecule has 200 valence electrons. The van der Waals surface area contributed by atoms with E-state index in [1.807, 2.05) is 84.2 Å². The van der Waals surface area contributed by atoms with Crippen molar-refractivity contribution < 1.29 is 14.3 Å². The van der Waals surface area contributed by atoms with Crippen molar-refractivity contribution in [2.24, 2.45) is 5.10 Å². The molecule has 0 aliphatic rings. The number of halogens is 1. The molecule has 0 fully saturated rings. The van der Waals surface area contributed by atoms with Gasteiger partial charge in [0.05, 0.1) is 19.0 Å². The summed E-state index contributed by atoms with van der Waals surface area (Å²) in [7, 11) is 1.58. The average molecular weight is 614 g/mol. The number of carbonyl (C=O) groups is 1. The van der Waals surface area contributed by atoms with Gasteiger partial charge < -0.3 is 14.8 Å². The molecule has 2 N–H and O–H groups in total. The molecule has 7 nitrogen and oxygen atoms in total. The molecule has 0 aliphatic heterocycles. The van der Waals surface area contributed by atoms with Gasteiger partial charge in [0.1, 0.15) is 6.61 Å². The number of benzene rings is 4. The Kier molecular flexibility index (Phi) is 8.85. The molecule has 0 saturated carbocycles. The third-order valence-electron chi connectivity index (χ3n) is 5.85. The number of methoxy groups -OCH3 is 1. The van der Waals surface area contributed by atoms with Crippen LogP contribution in [-0.2, 0) is 6.61 Å². The van der Waals surface area contributed by atoms with Crippen LogP contribution in [-0.4, -0.2) is 24.2 Å². The van der Waals surface area contributed by atoms with Crippen molar-refractivity contribution in [1.82, 2.24) is 10.4 Å². The van der Waals surface area contributed by atoms with Gasteiger partial charge in [-0.05, 0) is 65.7 Å². The highest BCUT2D eigenvalue weighted by atomic mass is 79.9. The van der Waals surface area contributed by atoms with Crippen LogP contribution in [0.4, 0.5) is 10.8 Å². The predicted molar refractivity (Wildman–Crippen MR) is 164 cm³/mol. The summed E-state index contributed by atoms with van der Waals surface area (Å²) < 4.78 is 12.4. The van der Waals surface area contributed by atoms with Crippen LogP contribution in [0, 0.1) is 0 Å². The van der Waals surface area contributed by atoms with Crippen molar-refractivity contribution >= 4 is 50.2 Å². The largest absolute Gasteiger partial charge is 0.493 e. The van der Waals surface area contributed by atoms with Crippen molar-refractivity contribution in [3.63, 3.8) is 0 Å². The van der Waals surface area contributed by atoms with E-state index in [1.165, 1.54) is 11.3 Å². The minimum absolute atomic E-state index is 0.311. The second-order valence-corrected chi connectivity index (χ2v) is 10.4. The Morgan fingerprint density at radius 3 is 2.50 bits per heavy atom. The summed E-state index contributed by atoms with van der Waals surface area (Å²) >= 11 is 4.96. The average Bonchev–Trinajstić information content (AvgIpc) is 3.46. The van der Waals surface area contributed by atoms with E-state index in [4.69, 9.17) is 9.47 Å². The zero-order chi connectivity index (χ0) is 27.7. The number of nitrogens with one attached hydrogen (secondary N) is 2. The van der Waals surface area contributed by atoms with Crippen molar-refractivity contribution in [1.29, 1.82) is 0 Å². The number of rotatable bonds is 10. The van der Waals surface area contributed by atoms with Gasteiger partial charge >= 0.3 is 0 Å². The van der Waals surface area contributed by atoms with Crippen LogP contribution in [0.1, 0.15) is 21.5 Å². The number of hydrogen-bond donors (Lipinski definition) is 2. The first-order valence-electron chi connectivity index (χ1n) is 12.3. The molecule has 0 bridgehead atoms. The quantitative estimate of drug-likeness (QED) is 0.125. The van der Waals surface area contributed by atoms with Crippen LogP contribution in [0.5, 0.6) is 11.5 Å². The molecule has 0 unspecified atom stereocenters. The summed E-state index contributed by atoms with van der Waals surface area (Å²) in [6.07, 6.45) is 1.56. The molecule has 9 heteroatoms. The first kappa shape index (κ1) is 27.1. The number of ether oxygens (including phenoxy) is 2.